The van der Waals surface area contributed by atoms with Gasteiger partial charge in [-0.2, -0.15) is 0 Å². The molecule has 52 heavy (non-hydrogen) atoms. The van der Waals surface area contributed by atoms with Crippen molar-refractivity contribution < 1.29 is 64.2 Å². The SMILES string of the molecule is CC1CCC2(OC1)OC1CC3C4CCC5CC(O[C@@H]6O[C@H](CO)[C@@H](O)[C@@H](O)[C@H]6O[C@@H]6O[C@H](CO)[C@@H](O)[C@@H](O)[C@H]6O)CCC5(C)C4CCC3(C)C1C2C. The Morgan fingerprint density at radius 1 is 0.673 bits per heavy atom. The van der Waals surface area contributed by atoms with Crippen molar-refractivity contribution in [3.63, 3.8) is 0 Å². The minimum atomic E-state index is -1.71. The van der Waals surface area contributed by atoms with Crippen molar-refractivity contribution in [3.05, 3.63) is 0 Å². The Bertz CT molecular complexity index is 1260. The zero-order chi connectivity index (χ0) is 36.9. The molecule has 4 saturated heterocycles. The number of aliphatic hydroxyl groups excluding tert-OH is 7. The summed E-state index contributed by atoms with van der Waals surface area (Å²) in [5.41, 5.74) is 0.425. The summed E-state index contributed by atoms with van der Waals surface area (Å²) in [7, 11) is 0. The molecule has 0 bridgehead atoms. The molecule has 12 unspecified atom stereocenters. The van der Waals surface area contributed by atoms with Crippen molar-refractivity contribution in [1.29, 1.82) is 0 Å². The van der Waals surface area contributed by atoms with E-state index in [2.05, 4.69) is 27.7 Å². The third-order valence-electron chi connectivity index (χ3n) is 16.2. The zero-order valence-corrected chi connectivity index (χ0v) is 31.2. The Morgan fingerprint density at radius 3 is 2.06 bits per heavy atom. The Labute approximate surface area is 307 Å². The summed E-state index contributed by atoms with van der Waals surface area (Å²) in [6, 6.07) is 0. The summed E-state index contributed by atoms with van der Waals surface area (Å²) in [5.74, 6) is 3.51. The lowest BCUT2D eigenvalue weighted by Gasteiger charge is -2.61. The van der Waals surface area contributed by atoms with Gasteiger partial charge in [-0.3, -0.25) is 0 Å². The first-order valence-corrected chi connectivity index (χ1v) is 20.3. The summed E-state index contributed by atoms with van der Waals surface area (Å²) in [6.45, 7) is 9.33. The van der Waals surface area contributed by atoms with Crippen LogP contribution in [0, 0.1) is 52.3 Å². The van der Waals surface area contributed by atoms with Crippen molar-refractivity contribution in [1.82, 2.24) is 0 Å². The lowest BCUT2D eigenvalue weighted by atomic mass is 9.44. The molecular formula is C39H64O13. The average molecular weight is 741 g/mol. The van der Waals surface area contributed by atoms with Gasteiger partial charge >= 0.3 is 0 Å². The number of ether oxygens (including phenoxy) is 6. The van der Waals surface area contributed by atoms with Gasteiger partial charge in [-0.15, -0.1) is 0 Å². The second kappa shape index (κ2) is 14.1. The van der Waals surface area contributed by atoms with E-state index in [9.17, 15) is 35.7 Å². The van der Waals surface area contributed by atoms with Gasteiger partial charge in [0, 0.05) is 12.3 Å². The molecule has 22 atom stereocenters. The fourth-order valence-corrected chi connectivity index (χ4v) is 13.2. The van der Waals surface area contributed by atoms with E-state index in [-0.39, 0.29) is 23.0 Å². The molecule has 4 heterocycles. The van der Waals surface area contributed by atoms with E-state index in [1.165, 1.54) is 25.7 Å². The van der Waals surface area contributed by atoms with Gasteiger partial charge in [0.15, 0.2) is 18.4 Å². The third kappa shape index (κ3) is 5.98. The molecule has 4 aliphatic heterocycles. The molecule has 7 N–H and O–H groups in total. The zero-order valence-electron chi connectivity index (χ0n) is 31.2. The van der Waals surface area contributed by atoms with Crippen molar-refractivity contribution in [2.45, 2.75) is 171 Å². The van der Waals surface area contributed by atoms with E-state index in [0.29, 0.717) is 41.4 Å². The molecule has 4 aliphatic carbocycles. The van der Waals surface area contributed by atoms with Crippen LogP contribution in [0.5, 0.6) is 0 Å². The van der Waals surface area contributed by atoms with Crippen LogP contribution in [-0.4, -0.2) is 135 Å². The molecule has 0 amide bonds. The third-order valence-corrected chi connectivity index (χ3v) is 16.2. The van der Waals surface area contributed by atoms with Crippen LogP contribution in [0.2, 0.25) is 0 Å². The molecule has 13 nitrogen and oxygen atoms in total. The van der Waals surface area contributed by atoms with Crippen molar-refractivity contribution in [2.24, 2.45) is 52.3 Å². The number of rotatable bonds is 6. The topological polar surface area (TPSA) is 197 Å². The summed E-state index contributed by atoms with van der Waals surface area (Å²) >= 11 is 0. The number of aliphatic hydroxyl groups is 7. The molecule has 8 aliphatic rings. The van der Waals surface area contributed by atoms with Crippen LogP contribution < -0.4 is 0 Å². The Kier molecular flexibility index (Phi) is 10.4. The molecule has 298 valence electrons. The fourth-order valence-electron chi connectivity index (χ4n) is 13.2. The lowest BCUT2D eigenvalue weighted by molar-refractivity contribution is -0.373. The Hall–Kier alpha value is -0.520. The number of fused-ring (bicyclic) bond motifs is 7. The van der Waals surface area contributed by atoms with Gasteiger partial charge in [-0.05, 0) is 104 Å². The second-order valence-electron chi connectivity index (χ2n) is 18.7. The van der Waals surface area contributed by atoms with Gasteiger partial charge in [0.2, 0.25) is 0 Å². The number of hydrogen-bond donors (Lipinski definition) is 7. The van der Waals surface area contributed by atoms with Crippen LogP contribution >= 0.6 is 0 Å². The van der Waals surface area contributed by atoms with E-state index < -0.39 is 80.4 Å². The maximum Gasteiger partial charge on any atom is 0.187 e. The largest absolute Gasteiger partial charge is 0.394 e. The highest BCUT2D eigenvalue weighted by atomic mass is 16.8. The summed E-state index contributed by atoms with van der Waals surface area (Å²) in [5, 5.41) is 72.7. The van der Waals surface area contributed by atoms with Crippen LogP contribution in [0.3, 0.4) is 0 Å². The first kappa shape index (κ1) is 38.4. The normalized spacial score (nSPS) is 59.0. The van der Waals surface area contributed by atoms with Gasteiger partial charge in [0.1, 0.15) is 48.8 Å². The molecule has 0 aromatic carbocycles. The van der Waals surface area contributed by atoms with Crippen LogP contribution in [0.4, 0.5) is 0 Å². The van der Waals surface area contributed by atoms with Crippen molar-refractivity contribution in [3.8, 4) is 0 Å². The first-order valence-electron chi connectivity index (χ1n) is 20.3. The monoisotopic (exact) mass is 740 g/mol. The van der Waals surface area contributed by atoms with E-state index in [1.807, 2.05) is 0 Å². The molecule has 1 spiro atoms. The lowest BCUT2D eigenvalue weighted by Crippen LogP contribution is -2.65. The van der Waals surface area contributed by atoms with Gasteiger partial charge in [-0.25, -0.2) is 0 Å². The molecule has 13 heteroatoms. The molecule has 0 aromatic rings. The summed E-state index contributed by atoms with van der Waals surface area (Å²) in [6.07, 6.45) is -3.88. The van der Waals surface area contributed by atoms with Gasteiger partial charge < -0.3 is 64.2 Å². The quantitative estimate of drug-likeness (QED) is 0.194. The molecular weight excluding hydrogens is 676 g/mol. The Balaban J connectivity index is 0.942. The van der Waals surface area contributed by atoms with Crippen LogP contribution in [0.1, 0.15) is 91.9 Å². The predicted molar refractivity (Wildman–Crippen MR) is 183 cm³/mol. The minimum Gasteiger partial charge on any atom is -0.394 e. The highest BCUT2D eigenvalue weighted by molar-refractivity contribution is 5.15. The van der Waals surface area contributed by atoms with E-state index in [4.69, 9.17) is 28.4 Å². The maximum atomic E-state index is 11.1. The molecule has 8 fully saturated rings. The summed E-state index contributed by atoms with van der Waals surface area (Å²) < 4.78 is 37.5. The summed E-state index contributed by atoms with van der Waals surface area (Å²) in [4.78, 5) is 0. The van der Waals surface area contributed by atoms with E-state index >= 15 is 0 Å². The van der Waals surface area contributed by atoms with Gasteiger partial charge in [-0.1, -0.05) is 27.7 Å². The highest BCUT2D eigenvalue weighted by Crippen LogP contribution is 2.71. The Morgan fingerprint density at radius 2 is 1.37 bits per heavy atom. The minimum absolute atomic E-state index is 0.168. The smallest absolute Gasteiger partial charge is 0.187 e. The standard InChI is InChI=1S/C39H64O13/c1-18-7-12-39(47-17-18)19(2)28-25(52-39)14-24-22-6-5-20-13-21(8-10-37(20,3)23(22)9-11-38(24,28)4)48-36-34(32(45)30(43)27(16-41)50-36)51-35-33(46)31(44)29(42)26(15-40)49-35/h18-36,40-46H,5-17H2,1-4H3/t18?,19?,20?,21?,22?,23?,24?,25?,26-,27-,28?,29-,30-,31-,32-,33-,34-,35+,36-,37?,38?,39?/m1/s1. The van der Waals surface area contributed by atoms with Crippen LogP contribution in [0.15, 0.2) is 0 Å². The van der Waals surface area contributed by atoms with E-state index in [1.54, 1.807) is 0 Å². The van der Waals surface area contributed by atoms with Crippen molar-refractivity contribution in [2.75, 3.05) is 19.8 Å². The predicted octanol–water partition coefficient (Wildman–Crippen LogP) is 1.44. The average Bonchev–Trinajstić information content (AvgIpc) is 3.58. The van der Waals surface area contributed by atoms with Crippen LogP contribution in [0.25, 0.3) is 0 Å². The van der Waals surface area contributed by atoms with E-state index in [0.717, 1.165) is 45.1 Å². The molecule has 8 rings (SSSR count). The van der Waals surface area contributed by atoms with Crippen LogP contribution in [-0.2, 0) is 28.4 Å². The fraction of sp³-hybridized carbons (Fsp3) is 1.00. The van der Waals surface area contributed by atoms with Crippen molar-refractivity contribution >= 4 is 0 Å². The second-order valence-corrected chi connectivity index (χ2v) is 18.7. The highest BCUT2D eigenvalue weighted by Gasteiger charge is 2.69. The maximum absolute atomic E-state index is 11.1. The number of hydrogen-bond acceptors (Lipinski definition) is 13. The van der Waals surface area contributed by atoms with Gasteiger partial charge in [0.25, 0.3) is 0 Å². The molecule has 4 saturated carbocycles. The molecule has 0 radical (unpaired) electrons. The van der Waals surface area contributed by atoms with Gasteiger partial charge in [0.05, 0.1) is 32.0 Å². The molecule has 0 aromatic heterocycles. The first-order chi connectivity index (χ1) is 24.7.